The number of nitrogens with zero attached hydrogens (tertiary/aromatic N) is 2. The van der Waals surface area contributed by atoms with Crippen molar-refractivity contribution in [1.82, 2.24) is 15.1 Å². The van der Waals surface area contributed by atoms with E-state index in [2.05, 4.69) is 34.7 Å². The molecule has 3 heterocycles. The summed E-state index contributed by atoms with van der Waals surface area (Å²) in [6.07, 6.45) is 5.72. The van der Waals surface area contributed by atoms with Crippen molar-refractivity contribution in [2.24, 2.45) is 0 Å². The van der Waals surface area contributed by atoms with E-state index in [0.29, 0.717) is 18.8 Å². The molecule has 0 amide bonds. The molecule has 5 heteroatoms. The molecule has 4 nitrogen and oxygen atoms in total. The molecule has 19 heavy (non-hydrogen) atoms. The van der Waals surface area contributed by atoms with Crippen molar-refractivity contribution in [2.45, 2.75) is 63.8 Å². The van der Waals surface area contributed by atoms with Crippen molar-refractivity contribution in [2.75, 3.05) is 6.61 Å². The normalized spacial score (nSPS) is 25.6. The number of aromatic nitrogens is 2. The van der Waals surface area contributed by atoms with E-state index in [0.717, 1.165) is 13.0 Å². The fraction of sp³-hybridized carbons (Fsp3) is 0.786. The predicted molar refractivity (Wildman–Crippen MR) is 78.9 cm³/mol. The first kappa shape index (κ1) is 13.3. The van der Waals surface area contributed by atoms with E-state index in [1.165, 1.54) is 30.1 Å². The second-order valence-electron chi connectivity index (χ2n) is 7.09. The Bertz CT molecular complexity index is 452. The molecule has 2 aliphatic rings. The monoisotopic (exact) mass is 279 g/mol. The maximum Gasteiger partial charge on any atom is 0.139 e. The third-order valence-electron chi connectivity index (χ3n) is 4.25. The Labute approximate surface area is 116 Å². The zero-order chi connectivity index (χ0) is 13.5. The molecule has 1 aromatic rings. The molecule has 0 aromatic carbocycles. The molecular weight excluding hydrogens is 254 g/mol. The van der Waals surface area contributed by atoms with Crippen LogP contribution in [0.15, 0.2) is 6.20 Å². The zero-order valence-electron chi connectivity index (χ0n) is 12.3. The summed E-state index contributed by atoms with van der Waals surface area (Å²) in [5.74, 6) is 0. The van der Waals surface area contributed by atoms with Crippen LogP contribution < -0.4 is 5.32 Å². The van der Waals surface area contributed by atoms with Gasteiger partial charge in [-0.15, -0.1) is 0 Å². The quantitative estimate of drug-likeness (QED) is 0.665. The molecule has 1 saturated heterocycles. The third kappa shape index (κ3) is 2.93. The topological polar surface area (TPSA) is 39.1 Å². The minimum Gasteiger partial charge on any atom is -0.360 e. The maximum atomic E-state index is 5.83. The lowest BCUT2D eigenvalue weighted by molar-refractivity contribution is 0.0759. The average molecular weight is 279 g/mol. The summed E-state index contributed by atoms with van der Waals surface area (Å²) in [6, 6.07) is 2.43. The van der Waals surface area contributed by atoms with Gasteiger partial charge < -0.3 is 10.1 Å². The van der Waals surface area contributed by atoms with Gasteiger partial charge in [0.25, 0.3) is 0 Å². The van der Waals surface area contributed by atoms with Crippen LogP contribution in [-0.2, 0) is 17.9 Å². The molecule has 2 unspecified atom stereocenters. The summed E-state index contributed by atoms with van der Waals surface area (Å²) < 4.78 is 7.90. The van der Waals surface area contributed by atoms with Gasteiger partial charge in [0.2, 0.25) is 0 Å². The minimum atomic E-state index is -0.984. The van der Waals surface area contributed by atoms with Crippen molar-refractivity contribution >= 4 is 8.07 Å². The molecule has 1 fully saturated rings. The van der Waals surface area contributed by atoms with E-state index in [9.17, 15) is 0 Å². The Balaban J connectivity index is 1.58. The van der Waals surface area contributed by atoms with Crippen molar-refractivity contribution in [1.29, 1.82) is 0 Å². The van der Waals surface area contributed by atoms with Crippen LogP contribution in [0, 0.1) is 0 Å². The zero-order valence-corrected chi connectivity index (χ0v) is 13.3. The third-order valence-corrected chi connectivity index (χ3v) is 5.95. The van der Waals surface area contributed by atoms with Gasteiger partial charge in [0, 0.05) is 44.4 Å². The van der Waals surface area contributed by atoms with Gasteiger partial charge in [0.05, 0.1) is 6.20 Å². The molecule has 0 spiro atoms. The number of rotatable bonds is 5. The highest BCUT2D eigenvalue weighted by atomic mass is 28.3. The highest BCUT2D eigenvalue weighted by Crippen LogP contribution is 2.35. The van der Waals surface area contributed by atoms with Crippen molar-refractivity contribution in [3.8, 4) is 0 Å². The molecular formula is C14H25N3OSi. The van der Waals surface area contributed by atoms with Crippen LogP contribution >= 0.6 is 0 Å². The van der Waals surface area contributed by atoms with Gasteiger partial charge in [-0.1, -0.05) is 19.6 Å². The molecule has 1 N–H and O–H groups in total. The molecule has 0 aliphatic carbocycles. The fourth-order valence-corrected chi connectivity index (χ4v) is 3.80. The Kier molecular flexibility index (Phi) is 3.53. The minimum absolute atomic E-state index is 0.546. The second kappa shape index (κ2) is 5.03. The number of nitrogens with one attached hydrogen (secondary N) is 1. The van der Waals surface area contributed by atoms with E-state index in [-0.39, 0.29) is 0 Å². The molecule has 1 aromatic heterocycles. The average Bonchev–Trinajstić information content (AvgIpc) is 2.90. The van der Waals surface area contributed by atoms with Crippen LogP contribution in [0.3, 0.4) is 0 Å². The van der Waals surface area contributed by atoms with Crippen LogP contribution in [0.5, 0.6) is 0 Å². The number of hydrogen-bond donors (Lipinski definition) is 1. The standard InChI is InChI=1S/C14H25N3OSi/c1-19(2,3)7-6-18-10-17-14-8-11-4-5-13(16-11)12(14)9-15-17/h9,11,13,16H,4-8,10H2,1-3H3. The first-order chi connectivity index (χ1) is 9.03. The van der Waals surface area contributed by atoms with E-state index >= 15 is 0 Å². The molecule has 2 bridgehead atoms. The molecule has 106 valence electrons. The van der Waals surface area contributed by atoms with Gasteiger partial charge in [-0.2, -0.15) is 5.10 Å². The maximum absolute atomic E-state index is 5.83. The Morgan fingerprint density at radius 1 is 1.42 bits per heavy atom. The summed E-state index contributed by atoms with van der Waals surface area (Å²) in [5.41, 5.74) is 2.81. The summed E-state index contributed by atoms with van der Waals surface area (Å²) in [4.78, 5) is 0. The van der Waals surface area contributed by atoms with E-state index in [4.69, 9.17) is 4.74 Å². The highest BCUT2D eigenvalue weighted by Gasteiger charge is 2.34. The number of fused-ring (bicyclic) bond motifs is 4. The Morgan fingerprint density at radius 2 is 2.26 bits per heavy atom. The van der Waals surface area contributed by atoms with Gasteiger partial charge in [0.1, 0.15) is 6.73 Å². The van der Waals surface area contributed by atoms with Crippen LogP contribution in [0.25, 0.3) is 0 Å². The van der Waals surface area contributed by atoms with E-state index in [1.54, 1.807) is 0 Å². The molecule has 3 rings (SSSR count). The van der Waals surface area contributed by atoms with Gasteiger partial charge >= 0.3 is 0 Å². The smallest absolute Gasteiger partial charge is 0.139 e. The van der Waals surface area contributed by atoms with Crippen LogP contribution in [0.4, 0.5) is 0 Å². The lowest BCUT2D eigenvalue weighted by Gasteiger charge is -2.22. The predicted octanol–water partition coefficient (Wildman–Crippen LogP) is 2.54. The van der Waals surface area contributed by atoms with Crippen LogP contribution in [-0.4, -0.2) is 30.5 Å². The SMILES string of the molecule is C[Si](C)(C)CCOCn1ncc2c1CC1CCC2N1. The number of hydrogen-bond acceptors (Lipinski definition) is 3. The lowest BCUT2D eigenvalue weighted by atomic mass is 10.0. The number of ether oxygens (including phenoxy) is 1. The first-order valence-electron chi connectivity index (χ1n) is 7.41. The second-order valence-corrected chi connectivity index (χ2v) is 12.7. The van der Waals surface area contributed by atoms with Crippen molar-refractivity contribution < 1.29 is 4.74 Å². The molecule has 2 atom stereocenters. The molecule has 2 aliphatic heterocycles. The molecule has 0 saturated carbocycles. The van der Waals surface area contributed by atoms with Crippen LogP contribution in [0.1, 0.15) is 30.1 Å². The van der Waals surface area contributed by atoms with E-state index < -0.39 is 8.07 Å². The Hall–Kier alpha value is -0.653. The van der Waals surface area contributed by atoms with Gasteiger partial charge in [-0.05, 0) is 18.9 Å². The van der Waals surface area contributed by atoms with E-state index in [1.807, 2.05) is 6.20 Å². The highest BCUT2D eigenvalue weighted by molar-refractivity contribution is 6.76. The summed E-state index contributed by atoms with van der Waals surface area (Å²) in [5, 5.41) is 8.17. The van der Waals surface area contributed by atoms with Crippen molar-refractivity contribution in [3.63, 3.8) is 0 Å². The van der Waals surface area contributed by atoms with Crippen molar-refractivity contribution in [3.05, 3.63) is 17.5 Å². The lowest BCUT2D eigenvalue weighted by Crippen LogP contribution is -2.32. The summed E-state index contributed by atoms with van der Waals surface area (Å²) in [7, 11) is -0.984. The van der Waals surface area contributed by atoms with Crippen LogP contribution in [0.2, 0.25) is 25.7 Å². The van der Waals surface area contributed by atoms with Gasteiger partial charge in [0.15, 0.2) is 0 Å². The summed E-state index contributed by atoms with van der Waals surface area (Å²) in [6.45, 7) is 8.65. The fourth-order valence-electron chi connectivity index (χ4n) is 3.04. The first-order valence-corrected chi connectivity index (χ1v) is 11.1. The largest absolute Gasteiger partial charge is 0.360 e. The Morgan fingerprint density at radius 3 is 3.05 bits per heavy atom. The molecule has 0 radical (unpaired) electrons. The summed E-state index contributed by atoms with van der Waals surface area (Å²) >= 11 is 0. The van der Waals surface area contributed by atoms with Gasteiger partial charge in [-0.25, -0.2) is 4.68 Å². The van der Waals surface area contributed by atoms with Gasteiger partial charge in [-0.3, -0.25) is 0 Å².